The molecule has 0 amide bonds. The van der Waals surface area contributed by atoms with Crippen molar-refractivity contribution in [1.82, 2.24) is 0 Å². The average molecular weight is 320 g/mol. The first-order valence-corrected chi connectivity index (χ1v) is 9.53. The number of hydrogen-bond acceptors (Lipinski definition) is 3. The zero-order valence-corrected chi connectivity index (χ0v) is 15.4. The van der Waals surface area contributed by atoms with Crippen LogP contribution in [0.2, 0.25) is 0 Å². The van der Waals surface area contributed by atoms with E-state index in [1.807, 2.05) is 0 Å². The molecule has 4 rings (SSSR count). The molecule has 0 N–H and O–H groups in total. The SMILES string of the molecule is CC1CC(=O)OC12CC1C(C)(CCC3C(C)(C)CCCC31C)O2. The zero-order valence-electron chi connectivity index (χ0n) is 15.4. The van der Waals surface area contributed by atoms with Crippen LogP contribution in [0.4, 0.5) is 0 Å². The van der Waals surface area contributed by atoms with Crippen molar-refractivity contribution in [2.45, 2.75) is 91.0 Å². The fourth-order valence-electron chi connectivity index (χ4n) is 7.00. The third kappa shape index (κ3) is 2.01. The minimum absolute atomic E-state index is 0.0783. The predicted octanol–water partition coefficient (Wildman–Crippen LogP) is 4.69. The highest BCUT2D eigenvalue weighted by Crippen LogP contribution is 2.68. The van der Waals surface area contributed by atoms with Gasteiger partial charge in [0, 0.05) is 12.3 Å². The molecule has 4 fully saturated rings. The van der Waals surface area contributed by atoms with Gasteiger partial charge in [0.1, 0.15) is 0 Å². The van der Waals surface area contributed by atoms with Crippen LogP contribution in [0.25, 0.3) is 0 Å². The topological polar surface area (TPSA) is 35.5 Å². The summed E-state index contributed by atoms with van der Waals surface area (Å²) in [7, 11) is 0. The molecular formula is C20H32O3. The maximum atomic E-state index is 11.9. The van der Waals surface area contributed by atoms with Crippen molar-refractivity contribution in [3.05, 3.63) is 0 Å². The van der Waals surface area contributed by atoms with Gasteiger partial charge in [-0.3, -0.25) is 4.79 Å². The molecule has 2 heterocycles. The quantitative estimate of drug-likeness (QED) is 0.608. The lowest BCUT2D eigenvalue weighted by atomic mass is 9.45. The van der Waals surface area contributed by atoms with Crippen LogP contribution in [0.5, 0.6) is 0 Å². The second-order valence-corrected chi connectivity index (χ2v) is 10.0. The third-order valence-electron chi connectivity index (χ3n) is 8.14. The molecule has 3 nitrogen and oxygen atoms in total. The van der Waals surface area contributed by atoms with E-state index >= 15 is 0 Å². The highest BCUT2D eigenvalue weighted by atomic mass is 16.7. The molecule has 0 aromatic heterocycles. The number of fused-ring (bicyclic) bond motifs is 3. The number of esters is 1. The Morgan fingerprint density at radius 1 is 1.04 bits per heavy atom. The van der Waals surface area contributed by atoms with E-state index in [2.05, 4.69) is 34.6 Å². The molecular weight excluding hydrogens is 288 g/mol. The van der Waals surface area contributed by atoms with Crippen LogP contribution in [-0.4, -0.2) is 17.4 Å². The molecule has 0 aromatic rings. The van der Waals surface area contributed by atoms with Crippen molar-refractivity contribution >= 4 is 5.97 Å². The minimum atomic E-state index is -0.643. The van der Waals surface area contributed by atoms with Gasteiger partial charge in [-0.15, -0.1) is 0 Å². The Hall–Kier alpha value is -0.570. The van der Waals surface area contributed by atoms with Crippen molar-refractivity contribution in [2.24, 2.45) is 28.6 Å². The normalized spacial score (nSPS) is 54.7. The van der Waals surface area contributed by atoms with Gasteiger partial charge in [-0.05, 0) is 55.3 Å². The van der Waals surface area contributed by atoms with Gasteiger partial charge in [-0.25, -0.2) is 0 Å². The molecule has 2 saturated heterocycles. The van der Waals surface area contributed by atoms with E-state index in [0.717, 1.165) is 18.8 Å². The summed E-state index contributed by atoms with van der Waals surface area (Å²) < 4.78 is 12.4. The molecule has 2 saturated carbocycles. The first-order valence-electron chi connectivity index (χ1n) is 9.53. The van der Waals surface area contributed by atoms with Crippen LogP contribution < -0.4 is 0 Å². The molecule has 1 spiro atoms. The van der Waals surface area contributed by atoms with Gasteiger partial charge in [0.25, 0.3) is 0 Å². The summed E-state index contributed by atoms with van der Waals surface area (Å²) in [6.07, 6.45) is 7.71. The van der Waals surface area contributed by atoms with Crippen LogP contribution >= 0.6 is 0 Å². The molecule has 2 aliphatic heterocycles. The first kappa shape index (κ1) is 15.9. The van der Waals surface area contributed by atoms with Crippen LogP contribution in [0.15, 0.2) is 0 Å². The van der Waals surface area contributed by atoms with Gasteiger partial charge in [0.2, 0.25) is 5.79 Å². The van der Waals surface area contributed by atoms with Gasteiger partial charge in [0.15, 0.2) is 0 Å². The maximum absolute atomic E-state index is 11.9. The van der Waals surface area contributed by atoms with Crippen LogP contribution in [-0.2, 0) is 14.3 Å². The van der Waals surface area contributed by atoms with Crippen molar-refractivity contribution < 1.29 is 14.3 Å². The molecule has 0 bridgehead atoms. The smallest absolute Gasteiger partial charge is 0.308 e. The Bertz CT molecular complexity index is 541. The Morgan fingerprint density at radius 2 is 1.78 bits per heavy atom. The Balaban J connectivity index is 1.72. The second-order valence-electron chi connectivity index (χ2n) is 10.0. The van der Waals surface area contributed by atoms with E-state index in [1.165, 1.54) is 25.7 Å². The molecule has 130 valence electrons. The summed E-state index contributed by atoms with van der Waals surface area (Å²) in [4.78, 5) is 11.9. The summed E-state index contributed by atoms with van der Waals surface area (Å²) in [5, 5.41) is 0. The van der Waals surface area contributed by atoms with Crippen molar-refractivity contribution in [1.29, 1.82) is 0 Å². The third-order valence-corrected chi connectivity index (χ3v) is 8.14. The number of rotatable bonds is 0. The molecule has 6 atom stereocenters. The Labute approximate surface area is 140 Å². The maximum Gasteiger partial charge on any atom is 0.308 e. The van der Waals surface area contributed by atoms with Gasteiger partial charge in [-0.1, -0.05) is 34.1 Å². The number of carbonyl (C=O) groups excluding carboxylic acids is 1. The van der Waals surface area contributed by atoms with E-state index in [-0.39, 0.29) is 17.5 Å². The van der Waals surface area contributed by atoms with E-state index in [9.17, 15) is 4.79 Å². The predicted molar refractivity (Wildman–Crippen MR) is 88.7 cm³/mol. The molecule has 4 aliphatic rings. The lowest BCUT2D eigenvalue weighted by molar-refractivity contribution is -0.248. The Kier molecular flexibility index (Phi) is 3.14. The minimum Gasteiger partial charge on any atom is -0.433 e. The van der Waals surface area contributed by atoms with Crippen LogP contribution in [0.1, 0.15) is 79.6 Å². The monoisotopic (exact) mass is 320 g/mol. The second kappa shape index (κ2) is 4.53. The van der Waals surface area contributed by atoms with E-state index in [1.54, 1.807) is 0 Å². The van der Waals surface area contributed by atoms with Gasteiger partial charge >= 0.3 is 5.97 Å². The standard InChI is InChI=1S/C20H32O3/c1-13-11-16(21)22-20(13)12-15-18(4)9-6-8-17(2,3)14(18)7-10-19(15,5)23-20/h13-15H,6-12H2,1-5H3. The van der Waals surface area contributed by atoms with E-state index < -0.39 is 5.79 Å². The van der Waals surface area contributed by atoms with Gasteiger partial charge in [-0.2, -0.15) is 0 Å². The average Bonchev–Trinajstić information content (AvgIpc) is 2.86. The number of hydrogen-bond donors (Lipinski definition) is 0. The number of carbonyl (C=O) groups is 1. The summed E-state index contributed by atoms with van der Waals surface area (Å²) in [5.41, 5.74) is 0.604. The molecule has 3 heteroatoms. The largest absolute Gasteiger partial charge is 0.433 e. The summed E-state index contributed by atoms with van der Waals surface area (Å²) in [5.74, 6) is 0.715. The highest BCUT2D eigenvalue weighted by Gasteiger charge is 2.68. The van der Waals surface area contributed by atoms with Gasteiger partial charge < -0.3 is 9.47 Å². The van der Waals surface area contributed by atoms with Crippen molar-refractivity contribution in [2.75, 3.05) is 0 Å². The van der Waals surface area contributed by atoms with E-state index in [4.69, 9.17) is 9.47 Å². The highest BCUT2D eigenvalue weighted by molar-refractivity contribution is 5.72. The fraction of sp³-hybridized carbons (Fsp3) is 0.950. The molecule has 0 aromatic carbocycles. The summed E-state index contributed by atoms with van der Waals surface area (Å²) in [6.45, 7) is 11.8. The van der Waals surface area contributed by atoms with Gasteiger partial charge in [0.05, 0.1) is 12.0 Å². The molecule has 0 radical (unpaired) electrons. The lowest BCUT2D eigenvalue weighted by Gasteiger charge is -2.60. The first-order chi connectivity index (χ1) is 10.6. The lowest BCUT2D eigenvalue weighted by Crippen LogP contribution is -2.55. The van der Waals surface area contributed by atoms with Crippen LogP contribution in [0, 0.1) is 28.6 Å². The molecule has 6 unspecified atom stereocenters. The summed E-state index contributed by atoms with van der Waals surface area (Å²) >= 11 is 0. The van der Waals surface area contributed by atoms with Crippen LogP contribution in [0.3, 0.4) is 0 Å². The van der Waals surface area contributed by atoms with E-state index in [0.29, 0.717) is 23.2 Å². The van der Waals surface area contributed by atoms with Crippen molar-refractivity contribution in [3.8, 4) is 0 Å². The van der Waals surface area contributed by atoms with Crippen molar-refractivity contribution in [3.63, 3.8) is 0 Å². The summed E-state index contributed by atoms with van der Waals surface area (Å²) in [6, 6.07) is 0. The molecule has 23 heavy (non-hydrogen) atoms. The Morgan fingerprint density at radius 3 is 2.43 bits per heavy atom. The molecule has 2 aliphatic carbocycles. The fourth-order valence-corrected chi connectivity index (χ4v) is 7.00. The number of ether oxygens (including phenoxy) is 2. The zero-order chi connectivity index (χ0) is 16.7.